The third kappa shape index (κ3) is 2.49. The molecule has 0 aliphatic heterocycles. The summed E-state index contributed by atoms with van der Waals surface area (Å²) in [5.41, 5.74) is 2.91. The molecule has 3 aromatic rings. The molecule has 0 unspecified atom stereocenters. The summed E-state index contributed by atoms with van der Waals surface area (Å²) in [5.74, 6) is 2.42. The minimum absolute atomic E-state index is 0.729. The number of benzene rings is 1. The molecule has 4 heteroatoms. The second kappa shape index (κ2) is 5.56. The van der Waals surface area contributed by atoms with E-state index in [4.69, 9.17) is 9.40 Å². The van der Waals surface area contributed by atoms with Gasteiger partial charge in [-0.3, -0.25) is 0 Å². The van der Waals surface area contributed by atoms with E-state index in [1.165, 1.54) is 0 Å². The standard InChI is InChI=1S/C17H19N3O/c1-4-7-12-10-15(18-3)20-17(19-12)16-11(2)21-14-9-6-5-8-13(14)16/h5-6,8-10H,4,7H2,1-3H3,(H,18,19,20). The van der Waals surface area contributed by atoms with Crippen LogP contribution < -0.4 is 5.32 Å². The topological polar surface area (TPSA) is 51.0 Å². The third-order valence-electron chi connectivity index (χ3n) is 3.54. The van der Waals surface area contributed by atoms with Gasteiger partial charge in [-0.05, 0) is 19.4 Å². The number of para-hydroxylation sites is 1. The van der Waals surface area contributed by atoms with Crippen LogP contribution in [0.25, 0.3) is 22.4 Å². The van der Waals surface area contributed by atoms with Crippen LogP contribution in [-0.2, 0) is 6.42 Å². The molecule has 0 saturated carbocycles. The van der Waals surface area contributed by atoms with Gasteiger partial charge < -0.3 is 9.73 Å². The van der Waals surface area contributed by atoms with Crippen molar-refractivity contribution in [1.29, 1.82) is 0 Å². The fourth-order valence-electron chi connectivity index (χ4n) is 2.57. The van der Waals surface area contributed by atoms with E-state index in [9.17, 15) is 0 Å². The van der Waals surface area contributed by atoms with Crippen LogP contribution in [0.3, 0.4) is 0 Å². The molecule has 0 atom stereocenters. The molecular weight excluding hydrogens is 262 g/mol. The molecule has 2 heterocycles. The zero-order valence-electron chi connectivity index (χ0n) is 12.6. The summed E-state index contributed by atoms with van der Waals surface area (Å²) in [6.07, 6.45) is 2.00. The molecule has 4 nitrogen and oxygen atoms in total. The molecule has 0 aliphatic rings. The average molecular weight is 281 g/mol. The number of rotatable bonds is 4. The number of aryl methyl sites for hydroxylation is 2. The van der Waals surface area contributed by atoms with Crippen LogP contribution in [0.2, 0.25) is 0 Å². The lowest BCUT2D eigenvalue weighted by molar-refractivity contribution is 0.579. The van der Waals surface area contributed by atoms with Crippen molar-refractivity contribution in [3.8, 4) is 11.4 Å². The van der Waals surface area contributed by atoms with E-state index in [2.05, 4.69) is 23.3 Å². The summed E-state index contributed by atoms with van der Waals surface area (Å²) in [6, 6.07) is 10.0. The van der Waals surface area contributed by atoms with Gasteiger partial charge in [-0.15, -0.1) is 0 Å². The highest BCUT2D eigenvalue weighted by molar-refractivity contribution is 5.93. The SMILES string of the molecule is CCCc1cc(NC)nc(-c2c(C)oc3ccccc23)n1. The Bertz CT molecular complexity index is 777. The van der Waals surface area contributed by atoms with E-state index in [1.807, 2.05) is 38.2 Å². The van der Waals surface area contributed by atoms with E-state index in [-0.39, 0.29) is 0 Å². The van der Waals surface area contributed by atoms with Crippen LogP contribution in [-0.4, -0.2) is 17.0 Å². The Kier molecular flexibility index (Phi) is 3.60. The maximum Gasteiger partial charge on any atom is 0.165 e. The predicted molar refractivity (Wildman–Crippen MR) is 85.5 cm³/mol. The first-order valence-corrected chi connectivity index (χ1v) is 7.27. The van der Waals surface area contributed by atoms with E-state index < -0.39 is 0 Å². The average Bonchev–Trinajstić information content (AvgIpc) is 2.83. The summed E-state index contributed by atoms with van der Waals surface area (Å²) in [7, 11) is 1.88. The summed E-state index contributed by atoms with van der Waals surface area (Å²) in [6.45, 7) is 4.11. The molecule has 1 N–H and O–H groups in total. The number of furan rings is 1. The highest BCUT2D eigenvalue weighted by Crippen LogP contribution is 2.33. The molecular formula is C17H19N3O. The van der Waals surface area contributed by atoms with Crippen LogP contribution in [0.4, 0.5) is 5.82 Å². The van der Waals surface area contributed by atoms with Gasteiger partial charge in [-0.2, -0.15) is 0 Å². The van der Waals surface area contributed by atoms with Crippen molar-refractivity contribution in [1.82, 2.24) is 9.97 Å². The minimum atomic E-state index is 0.729. The lowest BCUT2D eigenvalue weighted by Gasteiger charge is -2.07. The first-order chi connectivity index (χ1) is 10.2. The summed E-state index contributed by atoms with van der Waals surface area (Å²) < 4.78 is 5.83. The molecule has 0 spiro atoms. The highest BCUT2D eigenvalue weighted by Gasteiger charge is 2.16. The summed E-state index contributed by atoms with van der Waals surface area (Å²) >= 11 is 0. The van der Waals surface area contributed by atoms with Gasteiger partial charge in [0.2, 0.25) is 0 Å². The Morgan fingerprint density at radius 3 is 2.76 bits per heavy atom. The van der Waals surface area contributed by atoms with Crippen molar-refractivity contribution in [2.45, 2.75) is 26.7 Å². The van der Waals surface area contributed by atoms with Crippen LogP contribution in [0, 0.1) is 6.92 Å². The van der Waals surface area contributed by atoms with Crippen molar-refractivity contribution in [3.63, 3.8) is 0 Å². The molecule has 0 fully saturated rings. The molecule has 1 aromatic carbocycles. The maximum atomic E-state index is 5.83. The number of hydrogen-bond donors (Lipinski definition) is 1. The number of anilines is 1. The first kappa shape index (κ1) is 13.6. The van der Waals surface area contributed by atoms with Gasteiger partial charge in [0.1, 0.15) is 17.2 Å². The van der Waals surface area contributed by atoms with Gasteiger partial charge in [0, 0.05) is 24.2 Å². The molecule has 0 bridgehead atoms. The van der Waals surface area contributed by atoms with Crippen molar-refractivity contribution < 1.29 is 4.42 Å². The molecule has 108 valence electrons. The van der Waals surface area contributed by atoms with Crippen LogP contribution in [0.1, 0.15) is 24.8 Å². The normalized spacial score (nSPS) is 11.0. The zero-order chi connectivity index (χ0) is 14.8. The van der Waals surface area contributed by atoms with Crippen LogP contribution in [0.5, 0.6) is 0 Å². The monoisotopic (exact) mass is 281 g/mol. The maximum absolute atomic E-state index is 5.83. The lowest BCUT2D eigenvalue weighted by Crippen LogP contribution is -2.01. The second-order valence-corrected chi connectivity index (χ2v) is 5.10. The van der Waals surface area contributed by atoms with Crippen LogP contribution in [0.15, 0.2) is 34.7 Å². The van der Waals surface area contributed by atoms with Crippen molar-refractivity contribution in [2.75, 3.05) is 12.4 Å². The Labute approximate surface area is 124 Å². The Hall–Kier alpha value is -2.36. The van der Waals surface area contributed by atoms with Crippen LogP contribution >= 0.6 is 0 Å². The van der Waals surface area contributed by atoms with E-state index in [0.717, 1.165) is 52.5 Å². The fourth-order valence-corrected chi connectivity index (χ4v) is 2.57. The minimum Gasteiger partial charge on any atom is -0.461 e. The van der Waals surface area contributed by atoms with Gasteiger partial charge in [0.15, 0.2) is 5.82 Å². The predicted octanol–water partition coefficient (Wildman–Crippen LogP) is 4.19. The Morgan fingerprint density at radius 1 is 1.19 bits per heavy atom. The first-order valence-electron chi connectivity index (χ1n) is 7.27. The molecule has 0 radical (unpaired) electrons. The largest absolute Gasteiger partial charge is 0.461 e. The van der Waals surface area contributed by atoms with Gasteiger partial charge in [0.25, 0.3) is 0 Å². The van der Waals surface area contributed by atoms with Crippen molar-refractivity contribution >= 4 is 16.8 Å². The molecule has 3 rings (SSSR count). The highest BCUT2D eigenvalue weighted by atomic mass is 16.3. The van der Waals surface area contributed by atoms with Gasteiger partial charge in [-0.1, -0.05) is 31.5 Å². The number of aromatic nitrogens is 2. The van der Waals surface area contributed by atoms with E-state index >= 15 is 0 Å². The van der Waals surface area contributed by atoms with Gasteiger partial charge in [0.05, 0.1) is 5.56 Å². The Morgan fingerprint density at radius 2 is 2.00 bits per heavy atom. The zero-order valence-corrected chi connectivity index (χ0v) is 12.6. The van der Waals surface area contributed by atoms with Crippen molar-refractivity contribution in [3.05, 3.63) is 41.8 Å². The van der Waals surface area contributed by atoms with E-state index in [1.54, 1.807) is 0 Å². The quantitative estimate of drug-likeness (QED) is 0.779. The molecule has 0 amide bonds. The van der Waals surface area contributed by atoms with Gasteiger partial charge in [-0.25, -0.2) is 9.97 Å². The third-order valence-corrected chi connectivity index (χ3v) is 3.54. The second-order valence-electron chi connectivity index (χ2n) is 5.10. The Balaban J connectivity index is 2.22. The number of nitrogens with zero attached hydrogens (tertiary/aromatic N) is 2. The molecule has 2 aromatic heterocycles. The molecule has 21 heavy (non-hydrogen) atoms. The number of fused-ring (bicyclic) bond motifs is 1. The summed E-state index contributed by atoms with van der Waals surface area (Å²) in [4.78, 5) is 9.32. The van der Waals surface area contributed by atoms with E-state index in [0.29, 0.717) is 0 Å². The number of hydrogen-bond acceptors (Lipinski definition) is 4. The lowest BCUT2D eigenvalue weighted by atomic mass is 10.1. The summed E-state index contributed by atoms with van der Waals surface area (Å²) in [5, 5.41) is 4.17. The van der Waals surface area contributed by atoms with Gasteiger partial charge >= 0.3 is 0 Å². The molecule has 0 aliphatic carbocycles. The molecule has 0 saturated heterocycles. The number of nitrogens with one attached hydrogen (secondary N) is 1. The van der Waals surface area contributed by atoms with Crippen molar-refractivity contribution in [2.24, 2.45) is 0 Å². The fraction of sp³-hybridized carbons (Fsp3) is 0.294. The smallest absolute Gasteiger partial charge is 0.165 e.